The maximum atomic E-state index is 2.40. The fraction of sp³-hybridized carbons (Fsp3) is 0.538. The zero-order valence-electron chi connectivity index (χ0n) is 9.59. The fourth-order valence-corrected chi connectivity index (χ4v) is 2.56. The summed E-state index contributed by atoms with van der Waals surface area (Å²) < 4.78 is 0. The Balaban J connectivity index is 2.53. The van der Waals surface area contributed by atoms with Crippen molar-refractivity contribution in [3.8, 4) is 0 Å². The molecule has 1 aromatic rings. The molecule has 0 aliphatic carbocycles. The number of hydrogen-bond donors (Lipinski definition) is 0. The summed E-state index contributed by atoms with van der Waals surface area (Å²) in [5, 5.41) is 0. The molecule has 0 unspecified atom stereocenters. The molecule has 2 rings (SSSR count). The summed E-state index contributed by atoms with van der Waals surface area (Å²) in [7, 11) is 2.20. The summed E-state index contributed by atoms with van der Waals surface area (Å²) in [5.41, 5.74) is 4.71. The lowest BCUT2D eigenvalue weighted by Crippen LogP contribution is -2.39. The van der Waals surface area contributed by atoms with Crippen LogP contribution in [0, 0.1) is 6.92 Å². The molecule has 1 aliphatic rings. The quantitative estimate of drug-likeness (QED) is 0.606. The number of nitrogens with zero attached hydrogens (tertiary/aromatic N) is 1. The van der Waals surface area contributed by atoms with Crippen LogP contribution in [0.15, 0.2) is 18.2 Å². The molecule has 0 saturated carbocycles. The summed E-state index contributed by atoms with van der Waals surface area (Å²) in [5.74, 6) is 0. The molecule has 1 heterocycles. The Morgan fingerprint density at radius 3 is 2.71 bits per heavy atom. The SMILES string of the molecule is Cc1ccc2c(c1)C(C)(C)CN(C)C2. The number of rotatable bonds is 0. The van der Waals surface area contributed by atoms with Gasteiger partial charge in [-0.1, -0.05) is 37.6 Å². The third-order valence-corrected chi connectivity index (χ3v) is 3.10. The van der Waals surface area contributed by atoms with Crippen molar-refractivity contribution in [2.75, 3.05) is 13.6 Å². The second kappa shape index (κ2) is 3.09. The Labute approximate surface area is 86.7 Å². The van der Waals surface area contributed by atoms with Gasteiger partial charge in [0, 0.05) is 18.5 Å². The molecule has 1 aromatic carbocycles. The summed E-state index contributed by atoms with van der Waals surface area (Å²) >= 11 is 0. The van der Waals surface area contributed by atoms with E-state index in [0.29, 0.717) is 5.41 Å². The molecular formula is C13H19N. The van der Waals surface area contributed by atoms with Crippen LogP contribution in [0.1, 0.15) is 30.5 Å². The first-order chi connectivity index (χ1) is 6.49. The van der Waals surface area contributed by atoms with Gasteiger partial charge < -0.3 is 4.90 Å². The van der Waals surface area contributed by atoms with Gasteiger partial charge in [-0.3, -0.25) is 0 Å². The molecule has 0 atom stereocenters. The zero-order chi connectivity index (χ0) is 10.3. The number of likely N-dealkylation sites (N-methyl/N-ethyl adjacent to an activating group) is 1. The first kappa shape index (κ1) is 9.72. The van der Waals surface area contributed by atoms with Crippen LogP contribution in [0.5, 0.6) is 0 Å². The molecule has 0 bridgehead atoms. The van der Waals surface area contributed by atoms with E-state index in [1.54, 1.807) is 0 Å². The molecular weight excluding hydrogens is 170 g/mol. The van der Waals surface area contributed by atoms with E-state index in [2.05, 4.69) is 50.9 Å². The van der Waals surface area contributed by atoms with Crippen molar-refractivity contribution in [1.29, 1.82) is 0 Å². The van der Waals surface area contributed by atoms with Gasteiger partial charge in [-0.2, -0.15) is 0 Å². The lowest BCUT2D eigenvalue weighted by Gasteiger charge is -2.38. The zero-order valence-corrected chi connectivity index (χ0v) is 9.59. The minimum Gasteiger partial charge on any atom is -0.301 e. The average molecular weight is 189 g/mol. The standard InChI is InChI=1S/C13H19N/c1-10-5-6-11-8-14(4)9-13(2,3)12(11)7-10/h5-7H,8-9H2,1-4H3. The van der Waals surface area contributed by atoms with Gasteiger partial charge in [0.05, 0.1) is 0 Å². The molecule has 0 radical (unpaired) electrons. The predicted molar refractivity (Wildman–Crippen MR) is 60.5 cm³/mol. The molecule has 76 valence electrons. The Bertz CT molecular complexity index is 352. The maximum absolute atomic E-state index is 2.40. The van der Waals surface area contributed by atoms with Crippen molar-refractivity contribution in [3.05, 3.63) is 34.9 Å². The van der Waals surface area contributed by atoms with Crippen molar-refractivity contribution in [3.63, 3.8) is 0 Å². The van der Waals surface area contributed by atoms with Gasteiger partial charge in [-0.25, -0.2) is 0 Å². The van der Waals surface area contributed by atoms with E-state index in [-0.39, 0.29) is 0 Å². The Morgan fingerprint density at radius 1 is 1.29 bits per heavy atom. The van der Waals surface area contributed by atoms with Gasteiger partial charge >= 0.3 is 0 Å². The number of benzene rings is 1. The van der Waals surface area contributed by atoms with Gasteiger partial charge in [0.15, 0.2) is 0 Å². The van der Waals surface area contributed by atoms with E-state index in [0.717, 1.165) is 13.1 Å². The second-order valence-corrected chi connectivity index (χ2v) is 5.22. The van der Waals surface area contributed by atoms with Crippen LogP contribution in [0.2, 0.25) is 0 Å². The predicted octanol–water partition coefficient (Wildman–Crippen LogP) is 2.72. The van der Waals surface area contributed by atoms with Crippen LogP contribution in [0.4, 0.5) is 0 Å². The van der Waals surface area contributed by atoms with Gasteiger partial charge in [0.1, 0.15) is 0 Å². The van der Waals surface area contributed by atoms with E-state index >= 15 is 0 Å². The summed E-state index contributed by atoms with van der Waals surface area (Å²) in [6.45, 7) is 9.10. The summed E-state index contributed by atoms with van der Waals surface area (Å²) in [6, 6.07) is 6.85. The maximum Gasteiger partial charge on any atom is 0.0234 e. The Kier molecular flexibility index (Phi) is 2.15. The van der Waals surface area contributed by atoms with Crippen molar-refractivity contribution in [1.82, 2.24) is 4.90 Å². The Hall–Kier alpha value is -0.820. The smallest absolute Gasteiger partial charge is 0.0234 e. The number of fused-ring (bicyclic) bond motifs is 1. The highest BCUT2D eigenvalue weighted by Gasteiger charge is 2.29. The van der Waals surface area contributed by atoms with Gasteiger partial charge in [0.2, 0.25) is 0 Å². The van der Waals surface area contributed by atoms with Crippen LogP contribution >= 0.6 is 0 Å². The van der Waals surface area contributed by atoms with E-state index in [1.165, 1.54) is 16.7 Å². The topological polar surface area (TPSA) is 3.24 Å². The molecule has 0 aromatic heterocycles. The van der Waals surface area contributed by atoms with Crippen molar-refractivity contribution in [2.24, 2.45) is 0 Å². The van der Waals surface area contributed by atoms with Crippen LogP contribution in [0.25, 0.3) is 0 Å². The minimum absolute atomic E-state index is 0.300. The third kappa shape index (κ3) is 1.57. The second-order valence-electron chi connectivity index (χ2n) is 5.22. The lowest BCUT2D eigenvalue weighted by molar-refractivity contribution is 0.235. The van der Waals surface area contributed by atoms with Gasteiger partial charge in [-0.05, 0) is 25.1 Å². The van der Waals surface area contributed by atoms with Gasteiger partial charge in [0.25, 0.3) is 0 Å². The van der Waals surface area contributed by atoms with E-state index in [1.807, 2.05) is 0 Å². The molecule has 1 heteroatoms. The highest BCUT2D eigenvalue weighted by Crippen LogP contribution is 2.32. The highest BCUT2D eigenvalue weighted by atomic mass is 15.1. The molecule has 1 aliphatic heterocycles. The molecule has 0 fully saturated rings. The van der Waals surface area contributed by atoms with Crippen molar-refractivity contribution >= 4 is 0 Å². The van der Waals surface area contributed by atoms with Crippen LogP contribution in [0.3, 0.4) is 0 Å². The van der Waals surface area contributed by atoms with Crippen molar-refractivity contribution < 1.29 is 0 Å². The monoisotopic (exact) mass is 189 g/mol. The first-order valence-corrected chi connectivity index (χ1v) is 5.27. The minimum atomic E-state index is 0.300. The molecule has 0 spiro atoms. The normalized spacial score (nSPS) is 20.6. The van der Waals surface area contributed by atoms with E-state index in [9.17, 15) is 0 Å². The summed E-state index contributed by atoms with van der Waals surface area (Å²) in [4.78, 5) is 2.40. The third-order valence-electron chi connectivity index (χ3n) is 3.10. The van der Waals surface area contributed by atoms with Crippen LogP contribution in [-0.2, 0) is 12.0 Å². The average Bonchev–Trinajstić information content (AvgIpc) is 2.05. The number of hydrogen-bond acceptors (Lipinski definition) is 1. The molecule has 0 saturated heterocycles. The first-order valence-electron chi connectivity index (χ1n) is 5.27. The van der Waals surface area contributed by atoms with Crippen LogP contribution < -0.4 is 0 Å². The fourth-order valence-electron chi connectivity index (χ4n) is 2.56. The van der Waals surface area contributed by atoms with E-state index < -0.39 is 0 Å². The van der Waals surface area contributed by atoms with Crippen LogP contribution in [-0.4, -0.2) is 18.5 Å². The molecule has 1 nitrogen and oxygen atoms in total. The highest BCUT2D eigenvalue weighted by molar-refractivity contribution is 5.38. The number of aryl methyl sites for hydroxylation is 1. The molecule has 0 amide bonds. The summed E-state index contributed by atoms with van der Waals surface area (Å²) in [6.07, 6.45) is 0. The molecule has 0 N–H and O–H groups in total. The largest absolute Gasteiger partial charge is 0.301 e. The lowest BCUT2D eigenvalue weighted by atomic mass is 9.78. The van der Waals surface area contributed by atoms with Crippen molar-refractivity contribution in [2.45, 2.75) is 32.7 Å². The molecule has 14 heavy (non-hydrogen) atoms. The van der Waals surface area contributed by atoms with E-state index in [4.69, 9.17) is 0 Å². The van der Waals surface area contributed by atoms with Gasteiger partial charge in [-0.15, -0.1) is 0 Å². The Morgan fingerprint density at radius 2 is 2.00 bits per heavy atom.